The predicted molar refractivity (Wildman–Crippen MR) is 39.9 cm³/mol. The topological polar surface area (TPSA) is 56.9 Å². The summed E-state index contributed by atoms with van der Waals surface area (Å²) in [6.07, 6.45) is 0. The molecule has 0 bridgehead atoms. The summed E-state index contributed by atoms with van der Waals surface area (Å²) in [5, 5.41) is 17.3. The molecular weight excluding hydrogens is 164 g/mol. The number of nitriles is 1. The molecule has 1 aromatic rings. The van der Waals surface area contributed by atoms with Crippen LogP contribution >= 0.6 is 11.6 Å². The minimum atomic E-state index is -0.128. The number of nitrogens with zero attached hydrogens (tertiary/aromatic N) is 2. The van der Waals surface area contributed by atoms with E-state index in [2.05, 4.69) is 4.98 Å². The van der Waals surface area contributed by atoms with Gasteiger partial charge in [0.05, 0.1) is 6.61 Å². The molecule has 0 aromatic carbocycles. The highest BCUT2D eigenvalue weighted by atomic mass is 35.5. The van der Waals surface area contributed by atoms with Crippen molar-refractivity contribution in [3.05, 3.63) is 28.5 Å². The third kappa shape index (κ3) is 1.90. The number of rotatable bonds is 1. The Morgan fingerprint density at radius 3 is 2.91 bits per heavy atom. The summed E-state index contributed by atoms with van der Waals surface area (Å²) in [5.74, 6) is 0. The van der Waals surface area contributed by atoms with Gasteiger partial charge >= 0.3 is 0 Å². The van der Waals surface area contributed by atoms with Gasteiger partial charge in [-0.25, -0.2) is 4.98 Å². The van der Waals surface area contributed by atoms with Gasteiger partial charge < -0.3 is 5.11 Å². The van der Waals surface area contributed by atoms with Crippen LogP contribution in [0.3, 0.4) is 0 Å². The summed E-state index contributed by atoms with van der Waals surface area (Å²) in [7, 11) is 0. The van der Waals surface area contributed by atoms with E-state index in [0.29, 0.717) is 5.56 Å². The van der Waals surface area contributed by atoms with Gasteiger partial charge in [-0.2, -0.15) is 5.26 Å². The van der Waals surface area contributed by atoms with E-state index >= 15 is 0 Å². The van der Waals surface area contributed by atoms with Crippen LogP contribution in [0.5, 0.6) is 0 Å². The molecule has 0 amide bonds. The molecule has 0 saturated carbocycles. The molecule has 4 heteroatoms. The first-order valence-electron chi connectivity index (χ1n) is 2.93. The molecule has 1 N–H and O–H groups in total. The summed E-state index contributed by atoms with van der Waals surface area (Å²) >= 11 is 5.53. The van der Waals surface area contributed by atoms with Crippen LogP contribution in [0, 0.1) is 11.3 Å². The largest absolute Gasteiger partial charge is 0.392 e. The Morgan fingerprint density at radius 1 is 1.64 bits per heavy atom. The smallest absolute Gasteiger partial charge is 0.142 e. The van der Waals surface area contributed by atoms with Gasteiger partial charge in [0, 0.05) is 0 Å². The van der Waals surface area contributed by atoms with Crippen LogP contribution in [0.25, 0.3) is 0 Å². The minimum Gasteiger partial charge on any atom is -0.392 e. The average Bonchev–Trinajstić information content (AvgIpc) is 2.03. The molecule has 0 atom stereocenters. The summed E-state index contributed by atoms with van der Waals surface area (Å²) in [6.45, 7) is -0.128. The first-order chi connectivity index (χ1) is 5.26. The predicted octanol–water partition coefficient (Wildman–Crippen LogP) is 1.10. The fraction of sp³-hybridized carbons (Fsp3) is 0.143. The molecule has 0 aliphatic heterocycles. The first-order valence-corrected chi connectivity index (χ1v) is 3.31. The molecule has 0 radical (unpaired) electrons. The van der Waals surface area contributed by atoms with Gasteiger partial charge in [0.15, 0.2) is 0 Å². The molecule has 0 fully saturated rings. The van der Waals surface area contributed by atoms with Crippen molar-refractivity contribution in [2.45, 2.75) is 6.61 Å². The van der Waals surface area contributed by atoms with Crippen molar-refractivity contribution in [2.75, 3.05) is 0 Å². The second-order valence-electron chi connectivity index (χ2n) is 1.95. The summed E-state index contributed by atoms with van der Waals surface area (Å²) in [4.78, 5) is 3.69. The van der Waals surface area contributed by atoms with Crippen LogP contribution in [0.2, 0.25) is 5.15 Å². The Balaban J connectivity index is 3.15. The number of pyridine rings is 1. The average molecular weight is 169 g/mol. The standard InChI is InChI=1S/C7H5ClN2O/c8-7-2-5(4-11)1-6(3-9)10-7/h1-2,11H,4H2. The Labute approximate surface area is 68.9 Å². The monoisotopic (exact) mass is 168 g/mol. The number of aromatic nitrogens is 1. The van der Waals surface area contributed by atoms with E-state index in [0.717, 1.165) is 0 Å². The molecule has 0 aliphatic carbocycles. The van der Waals surface area contributed by atoms with Crippen molar-refractivity contribution in [1.29, 1.82) is 5.26 Å². The zero-order valence-electron chi connectivity index (χ0n) is 5.58. The quantitative estimate of drug-likeness (QED) is 0.639. The lowest BCUT2D eigenvalue weighted by atomic mass is 10.2. The van der Waals surface area contributed by atoms with Crippen molar-refractivity contribution in [3.8, 4) is 6.07 Å². The Bertz CT molecular complexity index is 306. The van der Waals surface area contributed by atoms with E-state index in [9.17, 15) is 0 Å². The highest BCUT2D eigenvalue weighted by Gasteiger charge is 1.98. The van der Waals surface area contributed by atoms with Crippen LogP contribution < -0.4 is 0 Å². The van der Waals surface area contributed by atoms with E-state index in [1.807, 2.05) is 6.07 Å². The van der Waals surface area contributed by atoms with Gasteiger partial charge in [-0.05, 0) is 17.7 Å². The summed E-state index contributed by atoms with van der Waals surface area (Å²) in [6, 6.07) is 4.84. The van der Waals surface area contributed by atoms with Crippen LogP contribution in [0.1, 0.15) is 11.3 Å². The molecular formula is C7H5ClN2O. The van der Waals surface area contributed by atoms with Crippen molar-refractivity contribution in [1.82, 2.24) is 4.98 Å². The Kier molecular flexibility index (Phi) is 2.42. The van der Waals surface area contributed by atoms with E-state index in [1.165, 1.54) is 12.1 Å². The summed E-state index contributed by atoms with van der Waals surface area (Å²) in [5.41, 5.74) is 0.822. The molecule has 1 heterocycles. The Hall–Kier alpha value is -1.11. The lowest BCUT2D eigenvalue weighted by molar-refractivity contribution is 0.281. The third-order valence-electron chi connectivity index (χ3n) is 1.15. The number of hydrogen-bond acceptors (Lipinski definition) is 3. The van der Waals surface area contributed by atoms with Gasteiger partial charge in [0.25, 0.3) is 0 Å². The maximum atomic E-state index is 8.69. The third-order valence-corrected chi connectivity index (χ3v) is 1.34. The number of hydrogen-bond donors (Lipinski definition) is 1. The van der Waals surface area contributed by atoms with Crippen molar-refractivity contribution < 1.29 is 5.11 Å². The molecule has 11 heavy (non-hydrogen) atoms. The van der Waals surface area contributed by atoms with Gasteiger partial charge in [-0.15, -0.1) is 0 Å². The normalized spacial score (nSPS) is 9.18. The minimum absolute atomic E-state index is 0.128. The zero-order chi connectivity index (χ0) is 8.27. The van der Waals surface area contributed by atoms with Gasteiger partial charge in [0.1, 0.15) is 16.9 Å². The molecule has 0 saturated heterocycles. The van der Waals surface area contributed by atoms with Gasteiger partial charge in [0.2, 0.25) is 0 Å². The molecule has 1 rings (SSSR count). The zero-order valence-corrected chi connectivity index (χ0v) is 6.34. The maximum absolute atomic E-state index is 8.69. The number of aliphatic hydroxyl groups excluding tert-OH is 1. The Morgan fingerprint density at radius 2 is 2.36 bits per heavy atom. The number of aliphatic hydroxyl groups is 1. The van der Waals surface area contributed by atoms with Crippen molar-refractivity contribution in [3.63, 3.8) is 0 Å². The molecule has 0 aliphatic rings. The van der Waals surface area contributed by atoms with Crippen LogP contribution in [-0.2, 0) is 6.61 Å². The van der Waals surface area contributed by atoms with Crippen LogP contribution in [0.15, 0.2) is 12.1 Å². The van der Waals surface area contributed by atoms with E-state index in [-0.39, 0.29) is 17.5 Å². The van der Waals surface area contributed by atoms with E-state index in [1.54, 1.807) is 0 Å². The van der Waals surface area contributed by atoms with Crippen LogP contribution in [-0.4, -0.2) is 10.1 Å². The lowest BCUT2D eigenvalue weighted by Gasteiger charge is -1.95. The SMILES string of the molecule is N#Cc1cc(CO)cc(Cl)n1. The first kappa shape index (κ1) is 7.99. The van der Waals surface area contributed by atoms with E-state index in [4.69, 9.17) is 22.0 Å². The highest BCUT2D eigenvalue weighted by Crippen LogP contribution is 2.09. The summed E-state index contributed by atoms with van der Waals surface area (Å²) < 4.78 is 0. The van der Waals surface area contributed by atoms with Crippen molar-refractivity contribution >= 4 is 11.6 Å². The fourth-order valence-electron chi connectivity index (χ4n) is 0.698. The molecule has 1 aromatic heterocycles. The molecule has 0 spiro atoms. The van der Waals surface area contributed by atoms with Gasteiger partial charge in [-0.1, -0.05) is 11.6 Å². The molecule has 56 valence electrons. The van der Waals surface area contributed by atoms with Gasteiger partial charge in [-0.3, -0.25) is 0 Å². The van der Waals surface area contributed by atoms with Crippen molar-refractivity contribution in [2.24, 2.45) is 0 Å². The lowest BCUT2D eigenvalue weighted by Crippen LogP contribution is -1.88. The fourth-order valence-corrected chi connectivity index (χ4v) is 0.930. The highest BCUT2D eigenvalue weighted by molar-refractivity contribution is 6.29. The molecule has 3 nitrogen and oxygen atoms in total. The van der Waals surface area contributed by atoms with E-state index < -0.39 is 0 Å². The molecule has 0 unspecified atom stereocenters. The maximum Gasteiger partial charge on any atom is 0.142 e. The second-order valence-corrected chi connectivity index (χ2v) is 2.34. The van der Waals surface area contributed by atoms with Crippen LogP contribution in [0.4, 0.5) is 0 Å². The second kappa shape index (κ2) is 3.33. The number of halogens is 1.